The minimum Gasteiger partial charge on any atom is -0.356 e. The lowest BCUT2D eigenvalue weighted by molar-refractivity contribution is 0.849. The van der Waals surface area contributed by atoms with Gasteiger partial charge >= 0.3 is 0 Å². The van der Waals surface area contributed by atoms with Crippen molar-refractivity contribution in [1.82, 2.24) is 15.0 Å². The molecule has 21 heavy (non-hydrogen) atoms. The molecule has 0 aliphatic rings. The largest absolute Gasteiger partial charge is 0.356 e. The van der Waals surface area contributed by atoms with Gasteiger partial charge in [-0.1, -0.05) is 23.7 Å². The highest BCUT2D eigenvalue weighted by Gasteiger charge is 2.16. The van der Waals surface area contributed by atoms with Gasteiger partial charge in [-0.05, 0) is 31.5 Å². The van der Waals surface area contributed by atoms with Crippen LogP contribution in [0.3, 0.4) is 0 Å². The van der Waals surface area contributed by atoms with E-state index >= 15 is 0 Å². The average Bonchev–Trinajstić information content (AvgIpc) is 2.93. The fourth-order valence-corrected chi connectivity index (χ4v) is 2.78. The van der Waals surface area contributed by atoms with E-state index < -0.39 is 0 Å². The number of H-pyrrole nitrogens is 1. The molecule has 1 aromatic carbocycles. The minimum absolute atomic E-state index is 0.725. The van der Waals surface area contributed by atoms with Gasteiger partial charge in [0.2, 0.25) is 0 Å². The molecule has 0 atom stereocenters. The molecule has 2 heterocycles. The smallest absolute Gasteiger partial charge is 0.143 e. The first-order chi connectivity index (χ1) is 10.2. The number of nitrogens with zero attached hydrogens (tertiary/aromatic N) is 3. The molecule has 0 saturated heterocycles. The van der Waals surface area contributed by atoms with Gasteiger partial charge in [-0.2, -0.15) is 0 Å². The van der Waals surface area contributed by atoms with Gasteiger partial charge in [0.05, 0.1) is 5.39 Å². The van der Waals surface area contributed by atoms with E-state index in [1.54, 1.807) is 6.33 Å². The average molecular weight is 301 g/mol. The van der Waals surface area contributed by atoms with Crippen molar-refractivity contribution in [3.63, 3.8) is 0 Å². The molecule has 0 bridgehead atoms. The Kier molecular flexibility index (Phi) is 3.80. The lowest BCUT2D eigenvalue weighted by Crippen LogP contribution is -2.23. The molecule has 4 nitrogen and oxygen atoms in total. The number of hydrogen-bond acceptors (Lipinski definition) is 3. The molecule has 0 radical (unpaired) electrons. The zero-order valence-corrected chi connectivity index (χ0v) is 12.9. The van der Waals surface area contributed by atoms with Crippen molar-refractivity contribution in [1.29, 1.82) is 0 Å². The molecule has 0 amide bonds. The number of aromatic nitrogens is 3. The summed E-state index contributed by atoms with van der Waals surface area (Å²) >= 11 is 6.12. The van der Waals surface area contributed by atoms with E-state index in [9.17, 15) is 0 Å². The summed E-state index contributed by atoms with van der Waals surface area (Å²) in [6.45, 7) is 6.07. The second-order valence-corrected chi connectivity index (χ2v) is 5.24. The number of fused-ring (bicyclic) bond motifs is 1. The van der Waals surface area contributed by atoms with Crippen LogP contribution < -0.4 is 4.90 Å². The highest BCUT2D eigenvalue weighted by molar-refractivity contribution is 6.31. The van der Waals surface area contributed by atoms with Crippen molar-refractivity contribution >= 4 is 28.5 Å². The molecule has 3 aromatic rings. The third-order valence-electron chi connectivity index (χ3n) is 3.65. The van der Waals surface area contributed by atoms with Crippen LogP contribution in [-0.4, -0.2) is 28.0 Å². The van der Waals surface area contributed by atoms with Gasteiger partial charge in [0.15, 0.2) is 0 Å². The normalized spacial score (nSPS) is 11.0. The summed E-state index contributed by atoms with van der Waals surface area (Å²) in [5.74, 6) is 0.959. The van der Waals surface area contributed by atoms with Gasteiger partial charge < -0.3 is 9.88 Å². The second kappa shape index (κ2) is 5.74. The van der Waals surface area contributed by atoms with Gasteiger partial charge in [0.1, 0.15) is 17.8 Å². The molecule has 1 N–H and O–H groups in total. The Bertz CT molecular complexity index is 762. The number of hydrogen-bond donors (Lipinski definition) is 1. The Morgan fingerprint density at radius 2 is 2.00 bits per heavy atom. The Morgan fingerprint density at radius 3 is 2.71 bits per heavy atom. The Balaban J connectivity index is 2.25. The molecule has 3 rings (SSSR count). The van der Waals surface area contributed by atoms with Crippen LogP contribution in [-0.2, 0) is 0 Å². The van der Waals surface area contributed by atoms with Gasteiger partial charge in [-0.3, -0.25) is 0 Å². The summed E-state index contributed by atoms with van der Waals surface area (Å²) in [5, 5.41) is 1.77. The Morgan fingerprint density at radius 1 is 1.19 bits per heavy atom. The van der Waals surface area contributed by atoms with Crippen LogP contribution in [0.1, 0.15) is 13.8 Å². The summed E-state index contributed by atoms with van der Waals surface area (Å²) in [7, 11) is 0. The maximum Gasteiger partial charge on any atom is 0.143 e. The standard InChI is InChI=1S/C16H17ClN4/c1-3-21(4-2)16-14-13(9-18-15(14)19-10-20-16)11-6-5-7-12(17)8-11/h5-10H,3-4H2,1-2H3,(H,18,19,20). The van der Waals surface area contributed by atoms with Gasteiger partial charge in [0.25, 0.3) is 0 Å². The molecule has 5 heteroatoms. The van der Waals surface area contributed by atoms with E-state index in [2.05, 4.69) is 33.7 Å². The monoisotopic (exact) mass is 300 g/mol. The molecular weight excluding hydrogens is 284 g/mol. The van der Waals surface area contributed by atoms with Gasteiger partial charge in [0, 0.05) is 29.9 Å². The van der Waals surface area contributed by atoms with Crippen molar-refractivity contribution in [2.24, 2.45) is 0 Å². The first-order valence-corrected chi connectivity index (χ1v) is 7.45. The van der Waals surface area contributed by atoms with Gasteiger partial charge in [-0.15, -0.1) is 0 Å². The van der Waals surface area contributed by atoms with Crippen molar-refractivity contribution in [2.45, 2.75) is 13.8 Å². The topological polar surface area (TPSA) is 44.8 Å². The van der Waals surface area contributed by atoms with E-state index in [4.69, 9.17) is 11.6 Å². The third kappa shape index (κ3) is 2.47. The molecule has 0 spiro atoms. The van der Waals surface area contributed by atoms with Crippen molar-refractivity contribution in [3.05, 3.63) is 41.8 Å². The van der Waals surface area contributed by atoms with E-state index in [1.165, 1.54) is 0 Å². The van der Waals surface area contributed by atoms with Crippen molar-refractivity contribution in [3.8, 4) is 11.1 Å². The van der Waals surface area contributed by atoms with E-state index in [0.29, 0.717) is 0 Å². The highest BCUT2D eigenvalue weighted by atomic mass is 35.5. The molecule has 0 aliphatic carbocycles. The van der Waals surface area contributed by atoms with Crippen LogP contribution in [0.15, 0.2) is 36.8 Å². The minimum atomic E-state index is 0.725. The second-order valence-electron chi connectivity index (χ2n) is 4.81. The number of anilines is 1. The maximum atomic E-state index is 6.12. The van der Waals surface area contributed by atoms with Crippen molar-refractivity contribution < 1.29 is 0 Å². The van der Waals surface area contributed by atoms with Crippen LogP contribution in [0, 0.1) is 0 Å². The number of benzene rings is 1. The van der Waals surface area contributed by atoms with Gasteiger partial charge in [-0.25, -0.2) is 9.97 Å². The summed E-state index contributed by atoms with van der Waals surface area (Å²) < 4.78 is 0. The van der Waals surface area contributed by atoms with Crippen LogP contribution in [0.4, 0.5) is 5.82 Å². The third-order valence-corrected chi connectivity index (χ3v) is 3.88. The van der Waals surface area contributed by atoms with E-state index in [1.807, 2.05) is 30.5 Å². The predicted octanol–water partition coefficient (Wildman–Crippen LogP) is 4.12. The molecule has 0 saturated carbocycles. The highest BCUT2D eigenvalue weighted by Crippen LogP contribution is 2.34. The number of aromatic amines is 1. The summed E-state index contributed by atoms with van der Waals surface area (Å²) in [6, 6.07) is 7.84. The molecule has 0 unspecified atom stereocenters. The van der Waals surface area contributed by atoms with Crippen molar-refractivity contribution in [2.75, 3.05) is 18.0 Å². The predicted molar refractivity (Wildman–Crippen MR) is 87.9 cm³/mol. The SMILES string of the molecule is CCN(CC)c1ncnc2[nH]cc(-c3cccc(Cl)c3)c12. The summed E-state index contributed by atoms with van der Waals surface area (Å²) in [5.41, 5.74) is 2.99. The lowest BCUT2D eigenvalue weighted by atomic mass is 10.1. The fraction of sp³-hybridized carbons (Fsp3) is 0.250. The quantitative estimate of drug-likeness (QED) is 0.788. The first-order valence-electron chi connectivity index (χ1n) is 7.07. The molecule has 2 aromatic heterocycles. The molecule has 108 valence electrons. The zero-order valence-electron chi connectivity index (χ0n) is 12.1. The van der Waals surface area contributed by atoms with E-state index in [0.717, 1.165) is 46.1 Å². The number of halogens is 1. The summed E-state index contributed by atoms with van der Waals surface area (Å²) in [6.07, 6.45) is 3.58. The molecular formula is C16H17ClN4. The maximum absolute atomic E-state index is 6.12. The van der Waals surface area contributed by atoms with E-state index in [-0.39, 0.29) is 0 Å². The van der Waals surface area contributed by atoms with Crippen LogP contribution in [0.25, 0.3) is 22.2 Å². The fourth-order valence-electron chi connectivity index (χ4n) is 2.59. The molecule has 0 aliphatic heterocycles. The summed E-state index contributed by atoms with van der Waals surface area (Å²) in [4.78, 5) is 14.3. The Hall–Kier alpha value is -2.07. The van der Waals surface area contributed by atoms with Crippen LogP contribution in [0.5, 0.6) is 0 Å². The first kappa shape index (κ1) is 13.9. The molecule has 0 fully saturated rings. The lowest BCUT2D eigenvalue weighted by Gasteiger charge is -2.20. The Labute approximate surface area is 128 Å². The van der Waals surface area contributed by atoms with Crippen LogP contribution in [0.2, 0.25) is 5.02 Å². The number of rotatable bonds is 4. The number of nitrogens with one attached hydrogen (secondary N) is 1. The van der Waals surface area contributed by atoms with Crippen LogP contribution >= 0.6 is 11.6 Å². The zero-order chi connectivity index (χ0) is 14.8.